The molecule has 0 fully saturated rings. The van der Waals surface area contributed by atoms with Gasteiger partial charge in [0.2, 0.25) is 0 Å². The molecule has 0 heterocycles. The first kappa shape index (κ1) is 15.6. The Morgan fingerprint density at radius 1 is 1.14 bits per heavy atom. The van der Waals surface area contributed by atoms with Crippen LogP contribution in [0.2, 0.25) is 0 Å². The van der Waals surface area contributed by atoms with Gasteiger partial charge in [0.25, 0.3) is 11.6 Å². The summed E-state index contributed by atoms with van der Waals surface area (Å²) in [6.07, 6.45) is 0. The van der Waals surface area contributed by atoms with Crippen LogP contribution in [0.25, 0.3) is 0 Å². The molecule has 0 saturated carbocycles. The van der Waals surface area contributed by atoms with Crippen LogP contribution in [0.4, 0.5) is 15.3 Å². The van der Waals surface area contributed by atoms with Crippen LogP contribution in [0, 0.1) is 10.1 Å². The number of nitrogens with one attached hydrogen (secondary N) is 1. The molecular formula is C13H9FN2O5S. The number of nitrogens with zero attached hydrogens (tertiary/aromatic N) is 1. The number of rotatable bonds is 4. The zero-order chi connectivity index (χ0) is 16.3. The highest BCUT2D eigenvalue weighted by Gasteiger charge is 2.14. The van der Waals surface area contributed by atoms with E-state index in [1.165, 1.54) is 30.3 Å². The van der Waals surface area contributed by atoms with E-state index < -0.39 is 25.9 Å². The van der Waals surface area contributed by atoms with Crippen molar-refractivity contribution in [3.8, 4) is 0 Å². The fraction of sp³-hybridized carbons (Fsp3) is 0. The third kappa shape index (κ3) is 3.64. The second kappa shape index (κ2) is 5.90. The van der Waals surface area contributed by atoms with E-state index in [4.69, 9.17) is 0 Å². The summed E-state index contributed by atoms with van der Waals surface area (Å²) in [4.78, 5) is 21.4. The van der Waals surface area contributed by atoms with Gasteiger partial charge in [-0.25, -0.2) is 0 Å². The summed E-state index contributed by atoms with van der Waals surface area (Å²) in [5.41, 5.74) is -0.189. The maximum absolute atomic E-state index is 12.9. The first-order chi connectivity index (χ1) is 10.3. The maximum Gasteiger partial charge on any atom is 0.332 e. The van der Waals surface area contributed by atoms with Crippen LogP contribution in [0.15, 0.2) is 53.4 Å². The lowest BCUT2D eigenvalue weighted by Gasteiger charge is -2.06. The predicted molar refractivity (Wildman–Crippen MR) is 75.8 cm³/mol. The van der Waals surface area contributed by atoms with Gasteiger partial charge in [0.15, 0.2) is 0 Å². The lowest BCUT2D eigenvalue weighted by molar-refractivity contribution is -0.384. The van der Waals surface area contributed by atoms with Crippen LogP contribution < -0.4 is 5.32 Å². The van der Waals surface area contributed by atoms with Crippen molar-refractivity contribution in [3.05, 3.63) is 64.2 Å². The molecule has 1 N–H and O–H groups in total. The van der Waals surface area contributed by atoms with Gasteiger partial charge >= 0.3 is 10.2 Å². The van der Waals surface area contributed by atoms with E-state index in [1.807, 2.05) is 0 Å². The molecule has 114 valence electrons. The molecule has 0 saturated heterocycles. The van der Waals surface area contributed by atoms with Crippen molar-refractivity contribution in [3.63, 3.8) is 0 Å². The third-order valence-corrected chi connectivity index (χ3v) is 3.51. The Balaban J connectivity index is 2.26. The molecule has 22 heavy (non-hydrogen) atoms. The van der Waals surface area contributed by atoms with Crippen molar-refractivity contribution < 1.29 is 22.0 Å². The van der Waals surface area contributed by atoms with E-state index in [0.717, 1.165) is 18.2 Å². The normalized spacial score (nSPS) is 11.0. The van der Waals surface area contributed by atoms with Gasteiger partial charge < -0.3 is 5.32 Å². The number of amides is 1. The van der Waals surface area contributed by atoms with Gasteiger partial charge in [-0.05, 0) is 24.3 Å². The molecule has 0 aromatic heterocycles. The molecule has 0 bridgehead atoms. The highest BCUT2D eigenvalue weighted by Crippen LogP contribution is 2.19. The van der Waals surface area contributed by atoms with E-state index in [0.29, 0.717) is 0 Å². The van der Waals surface area contributed by atoms with Crippen molar-refractivity contribution in [2.45, 2.75) is 4.90 Å². The molecule has 2 rings (SSSR count). The van der Waals surface area contributed by atoms with Gasteiger partial charge in [-0.1, -0.05) is 12.1 Å². The van der Waals surface area contributed by atoms with E-state index in [2.05, 4.69) is 5.32 Å². The SMILES string of the molecule is O=C(Nc1cccc(S(=O)(=O)F)c1)c1cccc([N+](=O)[O-])c1. The summed E-state index contributed by atoms with van der Waals surface area (Å²) < 4.78 is 34.5. The Morgan fingerprint density at radius 3 is 2.45 bits per heavy atom. The average Bonchev–Trinajstić information content (AvgIpc) is 2.46. The van der Waals surface area contributed by atoms with Gasteiger partial charge in [0.1, 0.15) is 4.90 Å². The molecule has 1 amide bonds. The summed E-state index contributed by atoms with van der Waals surface area (Å²) in [5.74, 6) is -0.683. The maximum atomic E-state index is 12.9. The first-order valence-electron chi connectivity index (χ1n) is 5.88. The topological polar surface area (TPSA) is 106 Å². The van der Waals surface area contributed by atoms with Crippen molar-refractivity contribution in [1.82, 2.24) is 0 Å². The van der Waals surface area contributed by atoms with Crippen molar-refractivity contribution in [1.29, 1.82) is 0 Å². The number of carbonyl (C=O) groups is 1. The Kier molecular flexibility index (Phi) is 4.18. The second-order valence-corrected chi connectivity index (χ2v) is 5.57. The number of carbonyl (C=O) groups excluding carboxylic acids is 1. The fourth-order valence-electron chi connectivity index (χ4n) is 1.69. The Bertz CT molecular complexity index is 851. The summed E-state index contributed by atoms with van der Waals surface area (Å²) >= 11 is 0. The molecular weight excluding hydrogens is 315 g/mol. The van der Waals surface area contributed by atoms with Gasteiger partial charge in [-0.15, -0.1) is 3.89 Å². The number of nitro groups is 1. The minimum Gasteiger partial charge on any atom is -0.322 e. The van der Waals surface area contributed by atoms with E-state index >= 15 is 0 Å². The van der Waals surface area contributed by atoms with Crippen LogP contribution in [0.1, 0.15) is 10.4 Å². The Hall–Kier alpha value is -2.81. The minimum absolute atomic E-state index is 0.0164. The minimum atomic E-state index is -4.88. The van der Waals surface area contributed by atoms with Gasteiger partial charge in [-0.3, -0.25) is 14.9 Å². The van der Waals surface area contributed by atoms with Crippen molar-refractivity contribution in [2.75, 3.05) is 5.32 Å². The smallest absolute Gasteiger partial charge is 0.322 e. The van der Waals surface area contributed by atoms with Crippen molar-refractivity contribution in [2.24, 2.45) is 0 Å². The monoisotopic (exact) mass is 324 g/mol. The molecule has 0 spiro atoms. The number of benzene rings is 2. The Labute approximate surface area is 124 Å². The largest absolute Gasteiger partial charge is 0.332 e. The van der Waals surface area contributed by atoms with Crippen LogP contribution in [0.3, 0.4) is 0 Å². The van der Waals surface area contributed by atoms with Crippen LogP contribution >= 0.6 is 0 Å². The van der Waals surface area contributed by atoms with Crippen LogP contribution in [-0.4, -0.2) is 19.2 Å². The summed E-state index contributed by atoms with van der Waals surface area (Å²) in [5, 5.41) is 13.0. The molecule has 0 radical (unpaired) electrons. The standard InChI is InChI=1S/C13H9FN2O5S/c14-22(20,21)12-6-2-4-10(8-12)15-13(17)9-3-1-5-11(7-9)16(18)19/h1-8H,(H,15,17). The van der Waals surface area contributed by atoms with Crippen LogP contribution in [0.5, 0.6) is 0 Å². The average molecular weight is 324 g/mol. The van der Waals surface area contributed by atoms with Gasteiger partial charge in [0, 0.05) is 23.4 Å². The van der Waals surface area contributed by atoms with Gasteiger partial charge in [0.05, 0.1) is 4.92 Å². The zero-order valence-corrected chi connectivity index (χ0v) is 11.7. The third-order valence-electron chi connectivity index (χ3n) is 2.69. The van der Waals surface area contributed by atoms with E-state index in [9.17, 15) is 27.2 Å². The molecule has 0 aliphatic heterocycles. The quantitative estimate of drug-likeness (QED) is 0.528. The number of hydrogen-bond donors (Lipinski definition) is 1. The number of non-ortho nitro benzene ring substituents is 1. The lowest BCUT2D eigenvalue weighted by atomic mass is 10.2. The van der Waals surface area contributed by atoms with Gasteiger partial charge in [-0.2, -0.15) is 8.42 Å². The molecule has 0 unspecified atom stereocenters. The van der Waals surface area contributed by atoms with Crippen LogP contribution in [-0.2, 0) is 10.2 Å². The molecule has 2 aromatic carbocycles. The summed E-state index contributed by atoms with van der Waals surface area (Å²) in [6.45, 7) is 0. The number of nitro benzene ring substituents is 1. The number of halogens is 1. The fourth-order valence-corrected chi connectivity index (χ4v) is 2.20. The molecule has 0 aliphatic rings. The summed E-state index contributed by atoms with van der Waals surface area (Å²) in [7, 11) is -4.88. The molecule has 7 nitrogen and oxygen atoms in total. The summed E-state index contributed by atoms with van der Waals surface area (Å²) in [6, 6.07) is 9.62. The first-order valence-corrected chi connectivity index (χ1v) is 7.26. The molecule has 0 aliphatic carbocycles. The highest BCUT2D eigenvalue weighted by molar-refractivity contribution is 7.86. The lowest BCUT2D eigenvalue weighted by Crippen LogP contribution is -2.12. The van der Waals surface area contributed by atoms with E-state index in [1.54, 1.807) is 0 Å². The number of hydrogen-bond acceptors (Lipinski definition) is 5. The number of anilines is 1. The molecule has 0 atom stereocenters. The zero-order valence-electron chi connectivity index (χ0n) is 10.9. The van der Waals surface area contributed by atoms with E-state index in [-0.39, 0.29) is 16.9 Å². The molecule has 2 aromatic rings. The second-order valence-electron chi connectivity index (χ2n) is 4.23. The van der Waals surface area contributed by atoms with Crippen molar-refractivity contribution >= 4 is 27.5 Å². The highest BCUT2D eigenvalue weighted by atomic mass is 32.3. The Morgan fingerprint density at radius 2 is 1.82 bits per heavy atom. The molecule has 9 heteroatoms. The predicted octanol–water partition coefficient (Wildman–Crippen LogP) is 2.51.